The molecule has 0 saturated carbocycles. The minimum Gasteiger partial charge on any atom is -0.497 e. The van der Waals surface area contributed by atoms with Crippen molar-refractivity contribution >= 4 is 17.0 Å². The van der Waals surface area contributed by atoms with Crippen molar-refractivity contribution in [2.75, 3.05) is 12.4 Å². The van der Waals surface area contributed by atoms with E-state index in [1.807, 2.05) is 23.5 Å². The van der Waals surface area contributed by atoms with E-state index in [4.69, 9.17) is 4.74 Å². The summed E-state index contributed by atoms with van der Waals surface area (Å²) < 4.78 is 5.19. The number of thiophene rings is 1. The van der Waals surface area contributed by atoms with Crippen LogP contribution in [0, 0.1) is 13.8 Å². The summed E-state index contributed by atoms with van der Waals surface area (Å²) in [6.45, 7) is 5.10. The molecule has 2 aromatic rings. The van der Waals surface area contributed by atoms with Crippen molar-refractivity contribution < 1.29 is 4.74 Å². The van der Waals surface area contributed by atoms with Crippen LogP contribution in [0.5, 0.6) is 5.75 Å². The molecule has 0 bridgehead atoms. The van der Waals surface area contributed by atoms with Crippen LogP contribution in [-0.4, -0.2) is 7.11 Å². The zero-order valence-electron chi connectivity index (χ0n) is 10.4. The van der Waals surface area contributed by atoms with Crippen molar-refractivity contribution in [1.29, 1.82) is 0 Å². The van der Waals surface area contributed by atoms with Gasteiger partial charge in [0, 0.05) is 22.0 Å². The highest BCUT2D eigenvalue weighted by atomic mass is 32.1. The predicted octanol–water partition coefficient (Wildman–Crippen LogP) is 3.99. The molecule has 0 aliphatic heterocycles. The lowest BCUT2D eigenvalue weighted by Crippen LogP contribution is -1.99. The minimum absolute atomic E-state index is 0.881. The Balaban J connectivity index is 2.04. The first-order chi connectivity index (χ1) is 8.19. The van der Waals surface area contributed by atoms with E-state index in [0.717, 1.165) is 18.0 Å². The Kier molecular flexibility index (Phi) is 3.69. The summed E-state index contributed by atoms with van der Waals surface area (Å²) in [6.07, 6.45) is 0. The number of hydrogen-bond acceptors (Lipinski definition) is 3. The van der Waals surface area contributed by atoms with Gasteiger partial charge >= 0.3 is 0 Å². The van der Waals surface area contributed by atoms with Gasteiger partial charge in [-0.3, -0.25) is 0 Å². The van der Waals surface area contributed by atoms with E-state index in [2.05, 4.69) is 37.4 Å². The number of aryl methyl sites for hydroxylation is 2. The molecule has 0 radical (unpaired) electrons. The van der Waals surface area contributed by atoms with Crippen molar-refractivity contribution in [2.24, 2.45) is 0 Å². The van der Waals surface area contributed by atoms with Gasteiger partial charge in [0.25, 0.3) is 0 Å². The third kappa shape index (κ3) is 3.01. The number of benzene rings is 1. The maximum absolute atomic E-state index is 5.19. The van der Waals surface area contributed by atoms with Gasteiger partial charge in [-0.25, -0.2) is 0 Å². The number of ether oxygens (including phenoxy) is 1. The number of hydrogen-bond donors (Lipinski definition) is 1. The minimum atomic E-state index is 0.881. The van der Waals surface area contributed by atoms with Gasteiger partial charge in [0.15, 0.2) is 0 Å². The Morgan fingerprint density at radius 3 is 2.59 bits per heavy atom. The predicted molar refractivity (Wildman–Crippen MR) is 74.1 cm³/mol. The van der Waals surface area contributed by atoms with E-state index < -0.39 is 0 Å². The highest BCUT2D eigenvalue weighted by Crippen LogP contribution is 2.22. The van der Waals surface area contributed by atoms with E-state index in [1.165, 1.54) is 15.3 Å². The largest absolute Gasteiger partial charge is 0.497 e. The molecule has 3 heteroatoms. The van der Waals surface area contributed by atoms with Gasteiger partial charge in [-0.05, 0) is 49.7 Å². The molecule has 17 heavy (non-hydrogen) atoms. The molecule has 0 aliphatic carbocycles. The Hall–Kier alpha value is -1.48. The van der Waals surface area contributed by atoms with Gasteiger partial charge in [0.1, 0.15) is 5.75 Å². The standard InChI is InChI=1S/C14H17NOS/c1-10-8-12(16-3)5-7-14(10)15-9-13-6-4-11(2)17-13/h4-8,15H,9H2,1-3H3. The molecule has 0 atom stereocenters. The molecular formula is C14H17NOS. The second kappa shape index (κ2) is 5.23. The summed E-state index contributed by atoms with van der Waals surface area (Å²) in [5, 5.41) is 3.45. The maximum Gasteiger partial charge on any atom is 0.119 e. The first-order valence-corrected chi connectivity index (χ1v) is 6.44. The quantitative estimate of drug-likeness (QED) is 0.882. The molecule has 90 valence electrons. The highest BCUT2D eigenvalue weighted by molar-refractivity contribution is 7.11. The van der Waals surface area contributed by atoms with E-state index in [-0.39, 0.29) is 0 Å². The van der Waals surface area contributed by atoms with E-state index in [0.29, 0.717) is 0 Å². The average molecular weight is 247 g/mol. The molecule has 2 nitrogen and oxygen atoms in total. The van der Waals surface area contributed by atoms with Crippen LogP contribution < -0.4 is 10.1 Å². The summed E-state index contributed by atoms with van der Waals surface area (Å²) in [5.74, 6) is 0.903. The highest BCUT2D eigenvalue weighted by Gasteiger charge is 2.01. The van der Waals surface area contributed by atoms with E-state index >= 15 is 0 Å². The SMILES string of the molecule is COc1ccc(NCc2ccc(C)s2)c(C)c1. The van der Waals surface area contributed by atoms with Crippen LogP contribution in [0.3, 0.4) is 0 Å². The number of methoxy groups -OCH3 is 1. The van der Waals surface area contributed by atoms with Crippen LogP contribution in [0.25, 0.3) is 0 Å². The number of nitrogens with one attached hydrogen (secondary N) is 1. The lowest BCUT2D eigenvalue weighted by atomic mass is 10.2. The molecule has 1 heterocycles. The topological polar surface area (TPSA) is 21.3 Å². The smallest absolute Gasteiger partial charge is 0.119 e. The summed E-state index contributed by atoms with van der Waals surface area (Å²) in [5.41, 5.74) is 2.37. The lowest BCUT2D eigenvalue weighted by Gasteiger charge is -2.10. The van der Waals surface area contributed by atoms with Crippen LogP contribution in [0.1, 0.15) is 15.3 Å². The second-order valence-corrected chi connectivity index (χ2v) is 5.42. The van der Waals surface area contributed by atoms with Gasteiger partial charge < -0.3 is 10.1 Å². The molecule has 1 N–H and O–H groups in total. The molecule has 0 spiro atoms. The summed E-state index contributed by atoms with van der Waals surface area (Å²) in [4.78, 5) is 2.71. The third-order valence-electron chi connectivity index (χ3n) is 2.68. The molecule has 0 amide bonds. The van der Waals surface area contributed by atoms with Crippen LogP contribution in [-0.2, 0) is 6.54 Å². The summed E-state index contributed by atoms with van der Waals surface area (Å²) in [7, 11) is 1.69. The average Bonchev–Trinajstić information content (AvgIpc) is 2.73. The van der Waals surface area contributed by atoms with Crippen molar-refractivity contribution in [3.63, 3.8) is 0 Å². The van der Waals surface area contributed by atoms with Crippen LogP contribution in [0.4, 0.5) is 5.69 Å². The van der Waals surface area contributed by atoms with E-state index in [1.54, 1.807) is 7.11 Å². The summed E-state index contributed by atoms with van der Waals surface area (Å²) in [6, 6.07) is 10.4. The first kappa shape index (κ1) is 12.0. The van der Waals surface area contributed by atoms with Crippen LogP contribution >= 0.6 is 11.3 Å². The zero-order valence-corrected chi connectivity index (χ0v) is 11.2. The van der Waals surface area contributed by atoms with E-state index in [9.17, 15) is 0 Å². The Morgan fingerprint density at radius 2 is 2.00 bits per heavy atom. The Bertz CT molecular complexity index is 505. The monoisotopic (exact) mass is 247 g/mol. The van der Waals surface area contributed by atoms with Crippen molar-refractivity contribution in [2.45, 2.75) is 20.4 Å². The first-order valence-electron chi connectivity index (χ1n) is 5.63. The molecule has 1 aromatic heterocycles. The molecule has 0 saturated heterocycles. The Labute approximate surface area is 106 Å². The molecule has 0 aliphatic rings. The molecule has 0 unspecified atom stereocenters. The van der Waals surface area contributed by atoms with Gasteiger partial charge in [0.2, 0.25) is 0 Å². The van der Waals surface area contributed by atoms with Crippen molar-refractivity contribution in [1.82, 2.24) is 0 Å². The molecular weight excluding hydrogens is 230 g/mol. The normalized spacial score (nSPS) is 10.3. The van der Waals surface area contributed by atoms with Gasteiger partial charge in [-0.15, -0.1) is 11.3 Å². The fourth-order valence-electron chi connectivity index (χ4n) is 1.72. The second-order valence-electron chi connectivity index (χ2n) is 4.05. The fraction of sp³-hybridized carbons (Fsp3) is 0.286. The molecule has 0 fully saturated rings. The molecule has 1 aromatic carbocycles. The van der Waals surface area contributed by atoms with Crippen molar-refractivity contribution in [3.05, 3.63) is 45.6 Å². The number of rotatable bonds is 4. The van der Waals surface area contributed by atoms with Crippen molar-refractivity contribution in [3.8, 4) is 5.75 Å². The lowest BCUT2D eigenvalue weighted by molar-refractivity contribution is 0.414. The van der Waals surface area contributed by atoms with Gasteiger partial charge in [0.05, 0.1) is 7.11 Å². The fourth-order valence-corrected chi connectivity index (χ4v) is 2.55. The maximum atomic E-state index is 5.19. The Morgan fingerprint density at radius 1 is 1.18 bits per heavy atom. The van der Waals surface area contributed by atoms with Crippen LogP contribution in [0.2, 0.25) is 0 Å². The van der Waals surface area contributed by atoms with Crippen LogP contribution in [0.15, 0.2) is 30.3 Å². The molecule has 2 rings (SSSR count). The third-order valence-corrected chi connectivity index (χ3v) is 3.68. The summed E-state index contributed by atoms with van der Waals surface area (Å²) >= 11 is 1.83. The zero-order chi connectivity index (χ0) is 12.3. The number of anilines is 1. The van der Waals surface area contributed by atoms with Gasteiger partial charge in [-0.2, -0.15) is 0 Å². The van der Waals surface area contributed by atoms with Gasteiger partial charge in [-0.1, -0.05) is 0 Å².